The highest BCUT2D eigenvalue weighted by Gasteiger charge is 2.28. The largest absolute Gasteiger partial charge is 0.395 e. The lowest BCUT2D eigenvalue weighted by atomic mass is 10.1. The maximum atomic E-state index is 12.6. The Morgan fingerprint density at radius 3 is 2.80 bits per heavy atom. The Labute approximate surface area is 149 Å². The minimum atomic E-state index is -0.0356. The third-order valence-corrected chi connectivity index (χ3v) is 5.15. The molecule has 0 spiro atoms. The molecule has 1 amide bonds. The first-order valence-corrected chi connectivity index (χ1v) is 8.89. The van der Waals surface area contributed by atoms with Crippen molar-refractivity contribution in [2.45, 2.75) is 32.7 Å². The first-order chi connectivity index (χ1) is 12.1. The second-order valence-electron chi connectivity index (χ2n) is 6.74. The minimum absolute atomic E-state index is 0.0356. The first-order valence-electron chi connectivity index (χ1n) is 8.89. The molecule has 0 aliphatic heterocycles. The molecule has 1 aliphatic carbocycles. The van der Waals surface area contributed by atoms with Crippen molar-refractivity contribution in [1.82, 2.24) is 4.90 Å². The van der Waals surface area contributed by atoms with Crippen LogP contribution in [0.3, 0.4) is 0 Å². The van der Waals surface area contributed by atoms with Gasteiger partial charge in [0, 0.05) is 18.3 Å². The Balaban J connectivity index is 1.72. The Morgan fingerprint density at radius 2 is 2.00 bits per heavy atom. The van der Waals surface area contributed by atoms with Crippen LogP contribution in [0.15, 0.2) is 42.5 Å². The molecule has 1 unspecified atom stereocenters. The van der Waals surface area contributed by atoms with Crippen molar-refractivity contribution < 1.29 is 9.90 Å². The molecule has 0 radical (unpaired) electrons. The summed E-state index contributed by atoms with van der Waals surface area (Å²) in [5.41, 5.74) is 5.76. The average Bonchev–Trinajstić information content (AvgIpc) is 3.03. The van der Waals surface area contributed by atoms with Gasteiger partial charge in [-0.3, -0.25) is 9.69 Å². The molecule has 2 N–H and O–H groups in total. The van der Waals surface area contributed by atoms with E-state index in [2.05, 4.69) is 28.4 Å². The molecule has 0 saturated carbocycles. The number of nitrogens with one attached hydrogen (secondary N) is 1. The van der Waals surface area contributed by atoms with Gasteiger partial charge in [0.1, 0.15) is 0 Å². The molecule has 0 fully saturated rings. The smallest absolute Gasteiger partial charge is 0.238 e. The van der Waals surface area contributed by atoms with E-state index in [-0.39, 0.29) is 25.1 Å². The third-order valence-electron chi connectivity index (χ3n) is 5.15. The van der Waals surface area contributed by atoms with Crippen LogP contribution in [0.1, 0.15) is 34.7 Å². The van der Waals surface area contributed by atoms with E-state index in [0.29, 0.717) is 6.54 Å². The van der Waals surface area contributed by atoms with Crippen LogP contribution in [0.25, 0.3) is 0 Å². The summed E-state index contributed by atoms with van der Waals surface area (Å²) in [5.74, 6) is -0.0356. The van der Waals surface area contributed by atoms with Crippen molar-refractivity contribution in [2.24, 2.45) is 0 Å². The van der Waals surface area contributed by atoms with Crippen LogP contribution in [0.2, 0.25) is 0 Å². The number of benzene rings is 2. The summed E-state index contributed by atoms with van der Waals surface area (Å²) in [5, 5.41) is 12.5. The highest BCUT2D eigenvalue weighted by atomic mass is 16.3. The molecular formula is C21H26N2O2. The summed E-state index contributed by atoms with van der Waals surface area (Å²) < 4.78 is 0. The molecule has 4 heteroatoms. The van der Waals surface area contributed by atoms with Crippen molar-refractivity contribution >= 4 is 11.6 Å². The number of hydrogen-bond acceptors (Lipinski definition) is 3. The summed E-state index contributed by atoms with van der Waals surface area (Å²) in [6, 6.07) is 14.5. The van der Waals surface area contributed by atoms with Gasteiger partial charge in [-0.05, 0) is 55.0 Å². The van der Waals surface area contributed by atoms with Crippen molar-refractivity contribution in [3.05, 3.63) is 64.7 Å². The molecule has 25 heavy (non-hydrogen) atoms. The average molecular weight is 338 g/mol. The predicted molar refractivity (Wildman–Crippen MR) is 101 cm³/mol. The van der Waals surface area contributed by atoms with Crippen LogP contribution < -0.4 is 5.32 Å². The van der Waals surface area contributed by atoms with Gasteiger partial charge >= 0.3 is 0 Å². The number of anilines is 1. The van der Waals surface area contributed by atoms with Crippen LogP contribution in [-0.4, -0.2) is 35.6 Å². The summed E-state index contributed by atoms with van der Waals surface area (Å²) in [6.45, 7) is 4.89. The molecule has 0 saturated heterocycles. The molecule has 132 valence electrons. The van der Waals surface area contributed by atoms with Crippen LogP contribution >= 0.6 is 0 Å². The Hall–Kier alpha value is -2.17. The van der Waals surface area contributed by atoms with Gasteiger partial charge in [-0.25, -0.2) is 0 Å². The quantitative estimate of drug-likeness (QED) is 0.850. The number of nitrogens with zero attached hydrogens (tertiary/aromatic N) is 1. The van der Waals surface area contributed by atoms with Crippen molar-refractivity contribution in [3.8, 4) is 0 Å². The SMILES string of the molecule is Cc1cccc(NC(=O)CN(CCO)C2CCc3ccccc32)c1C. The molecule has 0 bridgehead atoms. The number of carbonyl (C=O) groups excluding carboxylic acids is 1. The Bertz CT molecular complexity index is 757. The van der Waals surface area contributed by atoms with Crippen molar-refractivity contribution in [1.29, 1.82) is 0 Å². The molecule has 1 atom stereocenters. The summed E-state index contributed by atoms with van der Waals surface area (Å²) in [6.07, 6.45) is 2.03. The second-order valence-corrected chi connectivity index (χ2v) is 6.74. The lowest BCUT2D eigenvalue weighted by Crippen LogP contribution is -2.37. The number of aliphatic hydroxyl groups excluding tert-OH is 1. The number of carbonyl (C=O) groups is 1. The fraction of sp³-hybridized carbons (Fsp3) is 0.381. The van der Waals surface area contributed by atoms with Crippen molar-refractivity contribution in [3.63, 3.8) is 0 Å². The highest BCUT2D eigenvalue weighted by Crippen LogP contribution is 2.35. The minimum Gasteiger partial charge on any atom is -0.395 e. The maximum absolute atomic E-state index is 12.6. The number of aliphatic hydroxyl groups is 1. The van der Waals surface area contributed by atoms with E-state index in [4.69, 9.17) is 0 Å². The van der Waals surface area contributed by atoms with Crippen LogP contribution in [-0.2, 0) is 11.2 Å². The van der Waals surface area contributed by atoms with E-state index >= 15 is 0 Å². The normalized spacial score (nSPS) is 16.1. The second kappa shape index (κ2) is 7.81. The van der Waals surface area contributed by atoms with Gasteiger partial charge in [-0.15, -0.1) is 0 Å². The van der Waals surface area contributed by atoms with Gasteiger partial charge in [0.05, 0.1) is 13.2 Å². The molecule has 2 aromatic rings. The number of amides is 1. The molecule has 4 nitrogen and oxygen atoms in total. The Kier molecular flexibility index (Phi) is 5.51. The van der Waals surface area contributed by atoms with E-state index in [1.165, 1.54) is 11.1 Å². The summed E-state index contributed by atoms with van der Waals surface area (Å²) >= 11 is 0. The molecule has 0 aromatic heterocycles. The Morgan fingerprint density at radius 1 is 1.20 bits per heavy atom. The fourth-order valence-corrected chi connectivity index (χ4v) is 3.65. The number of aryl methyl sites for hydroxylation is 2. The lowest BCUT2D eigenvalue weighted by Gasteiger charge is -2.28. The van der Waals surface area contributed by atoms with Crippen LogP contribution in [0.4, 0.5) is 5.69 Å². The monoisotopic (exact) mass is 338 g/mol. The molecular weight excluding hydrogens is 312 g/mol. The lowest BCUT2D eigenvalue weighted by molar-refractivity contribution is -0.118. The first kappa shape index (κ1) is 17.6. The number of fused-ring (bicyclic) bond motifs is 1. The predicted octanol–water partition coefficient (Wildman–Crippen LogP) is 3.22. The maximum Gasteiger partial charge on any atom is 0.238 e. The molecule has 1 aliphatic rings. The number of hydrogen-bond donors (Lipinski definition) is 2. The van der Waals surface area contributed by atoms with Crippen LogP contribution in [0, 0.1) is 13.8 Å². The number of rotatable bonds is 6. The van der Waals surface area contributed by atoms with E-state index in [1.54, 1.807) is 0 Å². The third kappa shape index (κ3) is 3.91. The van der Waals surface area contributed by atoms with Gasteiger partial charge in [-0.2, -0.15) is 0 Å². The summed E-state index contributed by atoms with van der Waals surface area (Å²) in [4.78, 5) is 14.7. The van der Waals surface area contributed by atoms with Crippen LogP contribution in [0.5, 0.6) is 0 Å². The highest BCUT2D eigenvalue weighted by molar-refractivity contribution is 5.93. The van der Waals surface area contributed by atoms with Gasteiger partial charge in [0.25, 0.3) is 0 Å². The van der Waals surface area contributed by atoms with Gasteiger partial charge < -0.3 is 10.4 Å². The molecule has 2 aromatic carbocycles. The van der Waals surface area contributed by atoms with Gasteiger partial charge in [0.2, 0.25) is 5.91 Å². The zero-order valence-corrected chi connectivity index (χ0v) is 15.0. The molecule has 3 rings (SSSR count). The van der Waals surface area contributed by atoms with Crippen molar-refractivity contribution in [2.75, 3.05) is 25.0 Å². The van der Waals surface area contributed by atoms with E-state index < -0.39 is 0 Å². The summed E-state index contributed by atoms with van der Waals surface area (Å²) in [7, 11) is 0. The fourth-order valence-electron chi connectivity index (χ4n) is 3.65. The van der Waals surface area contributed by atoms with E-state index in [0.717, 1.165) is 29.7 Å². The zero-order valence-electron chi connectivity index (χ0n) is 15.0. The van der Waals surface area contributed by atoms with Gasteiger partial charge in [0.15, 0.2) is 0 Å². The zero-order chi connectivity index (χ0) is 17.8. The van der Waals surface area contributed by atoms with E-state index in [1.807, 2.05) is 38.1 Å². The van der Waals surface area contributed by atoms with Gasteiger partial charge in [-0.1, -0.05) is 36.4 Å². The standard InChI is InChI=1S/C21H26N2O2/c1-15-6-5-9-19(16(15)2)22-21(25)14-23(12-13-24)20-11-10-17-7-3-4-8-18(17)20/h3-9,20,24H,10-14H2,1-2H3,(H,22,25). The topological polar surface area (TPSA) is 52.6 Å². The molecule has 0 heterocycles. The van der Waals surface area contributed by atoms with E-state index in [9.17, 15) is 9.90 Å².